The number of nitrogens with one attached hydrogen (secondary N) is 1. The van der Waals surface area contributed by atoms with Crippen LogP contribution in [0.3, 0.4) is 0 Å². The molecule has 1 aliphatic carbocycles. The molecule has 0 bridgehead atoms. The van der Waals surface area contributed by atoms with Crippen LogP contribution in [0.1, 0.15) is 77.2 Å². The molecule has 9 heteroatoms. The Morgan fingerprint density at radius 3 is 2.40 bits per heavy atom. The molecule has 50 heavy (non-hydrogen) atoms. The van der Waals surface area contributed by atoms with Gasteiger partial charge in [0.15, 0.2) is 0 Å². The topological polar surface area (TPSA) is 103 Å². The lowest BCUT2D eigenvalue weighted by Gasteiger charge is -2.27. The number of anilines is 1. The summed E-state index contributed by atoms with van der Waals surface area (Å²) in [6, 6.07) is 21.7. The van der Waals surface area contributed by atoms with Gasteiger partial charge in [-0.2, -0.15) is 8.42 Å². The molecule has 0 unspecified atom stereocenters. The van der Waals surface area contributed by atoms with Crippen molar-refractivity contribution in [1.29, 1.82) is 0 Å². The molecule has 2 aromatic rings. The minimum Gasteiger partial charge on any atom is -0.456 e. The van der Waals surface area contributed by atoms with E-state index >= 15 is 0 Å². The molecule has 1 amide bonds. The van der Waals surface area contributed by atoms with Crippen LogP contribution in [0.5, 0.6) is 0 Å². The Bertz CT molecular complexity index is 2050. The molecule has 5 rings (SSSR count). The van der Waals surface area contributed by atoms with Crippen LogP contribution in [0.25, 0.3) is 28.5 Å². The van der Waals surface area contributed by atoms with Crippen LogP contribution < -0.4 is 20.1 Å². The van der Waals surface area contributed by atoms with Gasteiger partial charge in [0.25, 0.3) is 10.1 Å². The van der Waals surface area contributed by atoms with Gasteiger partial charge in [-0.1, -0.05) is 56.7 Å². The van der Waals surface area contributed by atoms with E-state index in [4.69, 9.17) is 4.42 Å². The Kier molecular flexibility index (Phi) is 11.5. The molecule has 0 radical (unpaired) electrons. The lowest BCUT2D eigenvalue weighted by molar-refractivity contribution is -0.121. The second-order valence-electron chi connectivity index (χ2n) is 13.3. The maximum Gasteiger partial charge on any atom is 0.294 e. The molecule has 2 heterocycles. The van der Waals surface area contributed by atoms with Gasteiger partial charge in [0, 0.05) is 53.5 Å². The largest absolute Gasteiger partial charge is 0.456 e. The standard InChI is InChI=1S/C41H49N3O5S/c1-7-42-39(45)21-14-11-15-26-44-35-25-23-32(50(46,47)48)28-34(35)41(5,6)38(44)20-16-19-36-29(4)40(30-17-12-10-13-18-30)33-24-22-31(27-37(33)49-36)43(8-2)9-3/h10,12-13,16-20,22-25,27-28H,7-9,11,14-15,21,26H2,1-6H3,(H-,42,45,46,47,48)/p+1. The van der Waals surface area contributed by atoms with Gasteiger partial charge in [0.1, 0.15) is 24.6 Å². The van der Waals surface area contributed by atoms with Gasteiger partial charge in [-0.05, 0) is 93.6 Å². The number of unbranched alkanes of at least 4 members (excludes halogenated alkanes) is 2. The molecule has 2 aliphatic heterocycles. The maximum absolute atomic E-state index is 12.1. The smallest absolute Gasteiger partial charge is 0.294 e. The number of amides is 1. The van der Waals surface area contributed by atoms with Crippen LogP contribution in [0, 0.1) is 6.92 Å². The number of carbonyl (C=O) groups is 1. The average molecular weight is 697 g/mol. The molecule has 2 N–H and O–H groups in total. The quantitative estimate of drug-likeness (QED) is 0.0840. The molecule has 3 aliphatic rings. The van der Waals surface area contributed by atoms with E-state index in [0.717, 1.165) is 88.4 Å². The summed E-state index contributed by atoms with van der Waals surface area (Å²) >= 11 is 0. The Hall–Kier alpha value is -4.47. The van der Waals surface area contributed by atoms with Gasteiger partial charge >= 0.3 is 0 Å². The maximum atomic E-state index is 12.1. The van der Waals surface area contributed by atoms with Crippen molar-refractivity contribution < 1.29 is 22.2 Å². The molecule has 8 nitrogen and oxygen atoms in total. The molecular weight excluding hydrogens is 647 g/mol. The first kappa shape index (κ1) is 36.8. The summed E-state index contributed by atoms with van der Waals surface area (Å²) in [5.74, 6) is 1.63. The van der Waals surface area contributed by atoms with Gasteiger partial charge in [-0.15, -0.1) is 0 Å². The van der Waals surface area contributed by atoms with E-state index in [2.05, 4.69) is 98.0 Å². The fraction of sp³-hybridized carbons (Fsp3) is 0.366. The van der Waals surface area contributed by atoms with Crippen molar-refractivity contribution in [2.75, 3.05) is 31.1 Å². The van der Waals surface area contributed by atoms with E-state index in [0.29, 0.717) is 19.5 Å². The first-order chi connectivity index (χ1) is 23.9. The Labute approximate surface area is 297 Å². The molecule has 2 aromatic carbocycles. The van der Waals surface area contributed by atoms with Crippen molar-refractivity contribution in [3.05, 3.63) is 107 Å². The predicted molar refractivity (Wildman–Crippen MR) is 203 cm³/mol. The molecule has 0 spiro atoms. The van der Waals surface area contributed by atoms with Crippen LogP contribution in [0.4, 0.5) is 5.69 Å². The third kappa shape index (κ3) is 7.79. The van der Waals surface area contributed by atoms with Crippen LogP contribution in [-0.2, 0) is 20.3 Å². The van der Waals surface area contributed by atoms with E-state index in [9.17, 15) is 17.8 Å². The van der Waals surface area contributed by atoms with Crippen molar-refractivity contribution in [2.45, 2.75) is 77.5 Å². The monoisotopic (exact) mass is 696 g/mol. The Morgan fingerprint density at radius 2 is 1.72 bits per heavy atom. The Balaban J connectivity index is 1.56. The summed E-state index contributed by atoms with van der Waals surface area (Å²) in [5.41, 5.74) is 6.53. The summed E-state index contributed by atoms with van der Waals surface area (Å²) in [6.07, 6.45) is 9.11. The highest BCUT2D eigenvalue weighted by Crippen LogP contribution is 2.48. The summed E-state index contributed by atoms with van der Waals surface area (Å²) < 4.78 is 43.0. The number of benzene rings is 3. The highest BCUT2D eigenvalue weighted by atomic mass is 32.2. The number of nitrogens with zero attached hydrogens (tertiary/aromatic N) is 2. The zero-order chi connectivity index (χ0) is 36.1. The number of fused-ring (bicyclic) bond motifs is 2. The normalized spacial score (nSPS) is 14.9. The number of rotatable bonds is 13. The molecule has 0 fully saturated rings. The van der Waals surface area contributed by atoms with Crippen LogP contribution in [-0.4, -0.2) is 45.1 Å². The van der Waals surface area contributed by atoms with Gasteiger partial charge in [0.05, 0.1) is 11.0 Å². The summed E-state index contributed by atoms with van der Waals surface area (Å²) in [4.78, 5) is 14.1. The molecule has 0 saturated carbocycles. The van der Waals surface area contributed by atoms with Crippen LogP contribution in [0.15, 0.2) is 93.9 Å². The van der Waals surface area contributed by atoms with Crippen LogP contribution >= 0.6 is 0 Å². The minimum atomic E-state index is -4.37. The number of allylic oxidation sites excluding steroid dienone is 3. The molecular formula is C41H50N3O5S+. The zero-order valence-corrected chi connectivity index (χ0v) is 30.9. The molecule has 0 saturated heterocycles. The van der Waals surface area contributed by atoms with Crippen LogP contribution in [0.2, 0.25) is 0 Å². The van der Waals surface area contributed by atoms with E-state index < -0.39 is 15.5 Å². The number of hydrogen-bond donors (Lipinski definition) is 2. The van der Waals surface area contributed by atoms with E-state index in [1.54, 1.807) is 12.1 Å². The van der Waals surface area contributed by atoms with E-state index in [1.807, 2.05) is 25.1 Å². The van der Waals surface area contributed by atoms with Crippen molar-refractivity contribution in [1.82, 2.24) is 9.89 Å². The van der Waals surface area contributed by atoms with Crippen molar-refractivity contribution in [2.24, 2.45) is 0 Å². The predicted octanol–water partition coefficient (Wildman–Crippen LogP) is 7.81. The summed E-state index contributed by atoms with van der Waals surface area (Å²) in [6.45, 7) is 15.6. The highest BCUT2D eigenvalue weighted by molar-refractivity contribution is 7.85. The second-order valence-corrected chi connectivity index (χ2v) is 14.7. The lowest BCUT2D eigenvalue weighted by atomic mass is 9.83. The minimum absolute atomic E-state index is 0.0673. The van der Waals surface area contributed by atoms with Crippen molar-refractivity contribution in [3.8, 4) is 22.5 Å². The third-order valence-electron chi connectivity index (χ3n) is 9.71. The molecule has 0 aromatic heterocycles. The summed E-state index contributed by atoms with van der Waals surface area (Å²) in [7, 11) is -4.37. The lowest BCUT2D eigenvalue weighted by Crippen LogP contribution is -2.29. The first-order valence-corrected chi connectivity index (χ1v) is 19.1. The highest BCUT2D eigenvalue weighted by Gasteiger charge is 2.40. The average Bonchev–Trinajstić information content (AvgIpc) is 3.30. The first-order valence-electron chi connectivity index (χ1n) is 17.7. The number of carbonyl (C=O) groups excluding carboxylic acids is 1. The van der Waals surface area contributed by atoms with Crippen molar-refractivity contribution >= 4 is 27.8 Å². The zero-order valence-electron chi connectivity index (χ0n) is 30.1. The SMILES string of the molecule is CCNC(=O)CCCCCN1C(=CC=Cc2oc3cc(=[N+](CC)CC)ccc-3c(-c3ccccc3)c2C)C(C)(C)c2cc(S(=O)(=O)O)ccc21. The molecule has 0 atom stereocenters. The van der Waals surface area contributed by atoms with Gasteiger partial charge in [-0.25, -0.2) is 4.58 Å². The van der Waals surface area contributed by atoms with E-state index in [-0.39, 0.29) is 10.8 Å². The fourth-order valence-electron chi connectivity index (χ4n) is 7.04. The van der Waals surface area contributed by atoms with E-state index in [1.165, 1.54) is 6.07 Å². The third-order valence-corrected chi connectivity index (χ3v) is 10.6. The van der Waals surface area contributed by atoms with Gasteiger partial charge in [0.2, 0.25) is 11.3 Å². The summed E-state index contributed by atoms with van der Waals surface area (Å²) in [5, 5.41) is 3.97. The second kappa shape index (κ2) is 15.6. The fourth-order valence-corrected chi connectivity index (χ4v) is 7.55. The number of hydrogen-bond acceptors (Lipinski definition) is 5. The molecule has 264 valence electrons. The van der Waals surface area contributed by atoms with Gasteiger partial charge < -0.3 is 14.6 Å². The van der Waals surface area contributed by atoms with Crippen molar-refractivity contribution in [3.63, 3.8) is 0 Å². The Morgan fingerprint density at radius 1 is 0.980 bits per heavy atom. The van der Waals surface area contributed by atoms with Gasteiger partial charge in [-0.3, -0.25) is 9.35 Å².